The Morgan fingerprint density at radius 3 is 2.39 bits per heavy atom. The molecule has 0 radical (unpaired) electrons. The zero-order chi connectivity index (χ0) is 26.1. The van der Waals surface area contributed by atoms with Crippen LogP contribution in [0, 0.1) is 10.1 Å². The van der Waals surface area contributed by atoms with E-state index in [1.807, 2.05) is 0 Å². The molecule has 0 saturated carbocycles. The molecule has 0 fully saturated rings. The van der Waals surface area contributed by atoms with Gasteiger partial charge in [-0.05, 0) is 38.3 Å². The molecule has 3 aromatic heterocycles. The molecule has 1 aromatic carbocycles. The van der Waals surface area contributed by atoms with Gasteiger partial charge in [-0.25, -0.2) is 19.1 Å². The minimum Gasteiger partial charge on any atom is -0.462 e. The number of nitrogen functional groups attached to an aromatic ring is 1. The molecule has 0 bridgehead atoms. The number of hydrogen-bond donors (Lipinski definition) is 1. The van der Waals surface area contributed by atoms with Crippen LogP contribution in [0.2, 0.25) is 5.02 Å². The number of carbonyl (C=O) groups excluding carboxylic acids is 2. The van der Waals surface area contributed by atoms with Gasteiger partial charge in [0.25, 0.3) is 0 Å². The molecule has 2 N–H and O–H groups in total. The summed E-state index contributed by atoms with van der Waals surface area (Å²) < 4.78 is 11.4. The summed E-state index contributed by atoms with van der Waals surface area (Å²) in [5.74, 6) is -1.79. The van der Waals surface area contributed by atoms with Gasteiger partial charge in [0, 0.05) is 10.6 Å². The van der Waals surface area contributed by atoms with Crippen LogP contribution in [0.25, 0.3) is 27.8 Å². The molecule has 0 spiro atoms. The Balaban J connectivity index is 2.19. The SMILES string of the molecule is CCOC(=O)c1nc2c(c(N)c1C(=O)OCC)c(SC)c([N+](=O)[O-])c1cc(-c3ccc(Cl)cc3)nn12. The number of esters is 2. The smallest absolute Gasteiger partial charge is 0.357 e. The van der Waals surface area contributed by atoms with Crippen LogP contribution in [0.4, 0.5) is 11.4 Å². The third-order valence-corrected chi connectivity index (χ3v) is 6.34. The number of anilines is 1. The number of nitrogens with two attached hydrogens (primary N) is 1. The molecule has 0 aliphatic heterocycles. The monoisotopic (exact) mass is 529 g/mol. The molecule has 4 aromatic rings. The number of nitro groups is 1. The van der Waals surface area contributed by atoms with E-state index in [-0.39, 0.29) is 57.3 Å². The molecule has 36 heavy (non-hydrogen) atoms. The summed E-state index contributed by atoms with van der Waals surface area (Å²) in [4.78, 5) is 41.9. The normalized spacial score (nSPS) is 11.1. The molecule has 0 saturated heterocycles. The molecule has 11 nitrogen and oxygen atoms in total. The third-order valence-electron chi connectivity index (χ3n) is 5.29. The van der Waals surface area contributed by atoms with Crippen molar-refractivity contribution < 1.29 is 24.0 Å². The van der Waals surface area contributed by atoms with Gasteiger partial charge in [-0.1, -0.05) is 23.7 Å². The number of nitrogens with zero attached hydrogens (tertiary/aromatic N) is 4. The number of rotatable bonds is 7. The van der Waals surface area contributed by atoms with Crippen molar-refractivity contribution in [2.75, 3.05) is 25.2 Å². The maximum atomic E-state index is 12.8. The Labute approximate surface area is 213 Å². The highest BCUT2D eigenvalue weighted by Gasteiger charge is 2.33. The quantitative estimate of drug-likeness (QED) is 0.153. The topological polar surface area (TPSA) is 152 Å². The molecule has 0 aliphatic carbocycles. The first-order valence-corrected chi connectivity index (χ1v) is 12.3. The highest BCUT2D eigenvalue weighted by atomic mass is 35.5. The van der Waals surface area contributed by atoms with E-state index < -0.39 is 16.9 Å². The Morgan fingerprint density at radius 1 is 1.17 bits per heavy atom. The van der Waals surface area contributed by atoms with E-state index in [0.717, 1.165) is 11.8 Å². The molecule has 0 aliphatic rings. The molecule has 0 atom stereocenters. The summed E-state index contributed by atoms with van der Waals surface area (Å²) in [5, 5.41) is 17.4. The summed E-state index contributed by atoms with van der Waals surface area (Å²) in [5.41, 5.74) is 6.50. The Hall–Kier alpha value is -3.90. The third kappa shape index (κ3) is 4.18. The van der Waals surface area contributed by atoms with Crippen molar-refractivity contribution in [3.8, 4) is 11.3 Å². The molecule has 4 rings (SSSR count). The van der Waals surface area contributed by atoms with E-state index >= 15 is 0 Å². The summed E-state index contributed by atoms with van der Waals surface area (Å²) in [6, 6.07) is 8.32. The van der Waals surface area contributed by atoms with Gasteiger partial charge in [-0.2, -0.15) is 5.10 Å². The van der Waals surface area contributed by atoms with Crippen molar-refractivity contribution in [2.24, 2.45) is 0 Å². The van der Waals surface area contributed by atoms with Crippen molar-refractivity contribution in [2.45, 2.75) is 18.7 Å². The minimum absolute atomic E-state index is 0.0107. The number of pyridine rings is 2. The van der Waals surface area contributed by atoms with Gasteiger partial charge in [0.05, 0.1) is 34.9 Å². The largest absolute Gasteiger partial charge is 0.462 e. The van der Waals surface area contributed by atoms with E-state index in [9.17, 15) is 19.7 Å². The number of hydrogen-bond acceptors (Lipinski definition) is 10. The Bertz CT molecular complexity index is 1540. The molecule has 0 amide bonds. The average Bonchev–Trinajstić information content (AvgIpc) is 3.28. The average molecular weight is 530 g/mol. The van der Waals surface area contributed by atoms with Crippen molar-refractivity contribution in [3.05, 3.63) is 56.7 Å². The molecular weight excluding hydrogens is 510 g/mol. The fraction of sp³-hybridized carbons (Fsp3) is 0.217. The van der Waals surface area contributed by atoms with Crippen LogP contribution >= 0.6 is 23.4 Å². The molecule has 3 heterocycles. The number of ether oxygens (including phenoxy) is 2. The second-order valence-electron chi connectivity index (χ2n) is 7.36. The van der Waals surface area contributed by atoms with Crippen LogP contribution in [0.5, 0.6) is 0 Å². The van der Waals surface area contributed by atoms with Gasteiger partial charge in [0.15, 0.2) is 11.3 Å². The summed E-state index contributed by atoms with van der Waals surface area (Å²) in [6.45, 7) is 3.23. The predicted octanol–water partition coefficient (Wildman–Crippen LogP) is 4.77. The molecular formula is C23H20ClN5O6S. The van der Waals surface area contributed by atoms with Gasteiger partial charge >= 0.3 is 17.6 Å². The minimum atomic E-state index is -0.899. The lowest BCUT2D eigenvalue weighted by atomic mass is 10.1. The molecule has 0 unspecified atom stereocenters. The van der Waals surface area contributed by atoms with Gasteiger partial charge in [0.2, 0.25) is 0 Å². The number of halogens is 1. The summed E-state index contributed by atoms with van der Waals surface area (Å²) in [6.07, 6.45) is 1.64. The summed E-state index contributed by atoms with van der Waals surface area (Å²) in [7, 11) is 0. The number of fused-ring (bicyclic) bond motifs is 3. The number of thioether (sulfide) groups is 1. The second kappa shape index (κ2) is 9.99. The van der Waals surface area contributed by atoms with Gasteiger partial charge in [-0.15, -0.1) is 11.8 Å². The second-order valence-corrected chi connectivity index (χ2v) is 8.61. The van der Waals surface area contributed by atoms with Crippen molar-refractivity contribution in [3.63, 3.8) is 0 Å². The fourth-order valence-electron chi connectivity index (χ4n) is 3.81. The van der Waals surface area contributed by atoms with E-state index in [4.69, 9.17) is 26.8 Å². The highest BCUT2D eigenvalue weighted by Crippen LogP contribution is 2.43. The van der Waals surface area contributed by atoms with Crippen molar-refractivity contribution in [1.82, 2.24) is 14.6 Å². The van der Waals surface area contributed by atoms with Gasteiger partial charge < -0.3 is 15.2 Å². The van der Waals surface area contributed by atoms with E-state index in [0.29, 0.717) is 16.3 Å². The Kier molecular flexibility index (Phi) is 7.00. The lowest BCUT2D eigenvalue weighted by Gasteiger charge is -2.15. The van der Waals surface area contributed by atoms with Crippen LogP contribution in [0.3, 0.4) is 0 Å². The maximum absolute atomic E-state index is 12.8. The van der Waals surface area contributed by atoms with Crippen LogP contribution < -0.4 is 5.73 Å². The van der Waals surface area contributed by atoms with Crippen molar-refractivity contribution in [1.29, 1.82) is 0 Å². The van der Waals surface area contributed by atoms with Crippen LogP contribution in [-0.4, -0.2) is 50.9 Å². The fourth-order valence-corrected chi connectivity index (χ4v) is 4.71. The highest BCUT2D eigenvalue weighted by molar-refractivity contribution is 7.99. The first-order valence-electron chi connectivity index (χ1n) is 10.7. The van der Waals surface area contributed by atoms with Crippen LogP contribution in [-0.2, 0) is 9.47 Å². The summed E-state index contributed by atoms with van der Waals surface area (Å²) >= 11 is 7.05. The zero-order valence-corrected chi connectivity index (χ0v) is 21.0. The number of carbonyl (C=O) groups is 2. The van der Waals surface area contributed by atoms with E-state index in [1.54, 1.807) is 50.4 Å². The lowest BCUT2D eigenvalue weighted by Crippen LogP contribution is -2.19. The zero-order valence-electron chi connectivity index (χ0n) is 19.4. The van der Waals surface area contributed by atoms with Gasteiger partial charge in [0.1, 0.15) is 16.0 Å². The first kappa shape index (κ1) is 25.2. The van der Waals surface area contributed by atoms with Gasteiger partial charge in [-0.3, -0.25) is 10.1 Å². The van der Waals surface area contributed by atoms with E-state index in [1.165, 1.54) is 4.52 Å². The molecule has 13 heteroatoms. The van der Waals surface area contributed by atoms with Crippen LogP contribution in [0.15, 0.2) is 35.2 Å². The van der Waals surface area contributed by atoms with E-state index in [2.05, 4.69) is 10.1 Å². The maximum Gasteiger partial charge on any atom is 0.357 e. The van der Waals surface area contributed by atoms with Crippen molar-refractivity contribution >= 4 is 63.2 Å². The van der Waals surface area contributed by atoms with Crippen LogP contribution in [0.1, 0.15) is 34.7 Å². The molecule has 186 valence electrons. The Morgan fingerprint density at radius 2 is 1.81 bits per heavy atom. The lowest BCUT2D eigenvalue weighted by molar-refractivity contribution is -0.386. The first-order chi connectivity index (χ1) is 17.2. The number of benzene rings is 1. The predicted molar refractivity (Wildman–Crippen MR) is 136 cm³/mol. The number of aromatic nitrogens is 3. The standard InChI is InChI=1S/C23H20ClN5O6S/c1-4-34-22(30)15-17(25)16-20(36-3)19(29(32)33)14-10-13(11-6-8-12(24)9-7-11)27-28(14)21(16)26-18(15)23(31)35-5-2/h6-10H,4-5H2,1-3H3,(H2,25,26).